The van der Waals surface area contributed by atoms with E-state index in [1.165, 1.54) is 0 Å². The molecule has 1 aromatic carbocycles. The molecule has 24 heavy (non-hydrogen) atoms. The Bertz CT molecular complexity index is 634. The van der Waals surface area contributed by atoms with E-state index in [4.69, 9.17) is 14.6 Å². The van der Waals surface area contributed by atoms with Crippen LogP contribution < -0.4 is 4.74 Å². The third kappa shape index (κ3) is 3.24. The summed E-state index contributed by atoms with van der Waals surface area (Å²) < 4.78 is 11.1. The normalized spacial score (nSPS) is 23.0. The first-order chi connectivity index (χ1) is 11.5. The van der Waals surface area contributed by atoms with Crippen LogP contribution in [-0.4, -0.2) is 53.8 Å². The number of carbonyl (C=O) groups is 2. The number of aliphatic carboxylic acids is 1. The maximum absolute atomic E-state index is 13.0. The zero-order valence-electron chi connectivity index (χ0n) is 14.1. The SMILES string of the molecule is Cc1cc(C(=O)N2CCOC3CCCC32)cc(C)c1OCC(=O)O. The van der Waals surface area contributed by atoms with Crippen molar-refractivity contribution in [3.8, 4) is 5.75 Å². The molecule has 6 heteroatoms. The van der Waals surface area contributed by atoms with Crippen molar-refractivity contribution in [3.63, 3.8) is 0 Å². The minimum absolute atomic E-state index is 0.0196. The first-order valence-corrected chi connectivity index (χ1v) is 8.36. The molecule has 3 rings (SSSR count). The summed E-state index contributed by atoms with van der Waals surface area (Å²) in [5.74, 6) is -0.463. The van der Waals surface area contributed by atoms with Gasteiger partial charge < -0.3 is 19.5 Å². The number of hydrogen-bond acceptors (Lipinski definition) is 4. The molecule has 1 aliphatic heterocycles. The van der Waals surface area contributed by atoms with Gasteiger partial charge in [-0.2, -0.15) is 0 Å². The van der Waals surface area contributed by atoms with Crippen LogP contribution in [0, 0.1) is 13.8 Å². The fourth-order valence-electron chi connectivity index (χ4n) is 3.78. The minimum atomic E-state index is -1.02. The van der Waals surface area contributed by atoms with Gasteiger partial charge in [-0.3, -0.25) is 4.79 Å². The summed E-state index contributed by atoms with van der Waals surface area (Å²) in [6, 6.07) is 3.74. The fraction of sp³-hybridized carbons (Fsp3) is 0.556. The number of amides is 1. The van der Waals surface area contributed by atoms with Gasteiger partial charge in [-0.15, -0.1) is 0 Å². The zero-order valence-corrected chi connectivity index (χ0v) is 14.1. The highest BCUT2D eigenvalue weighted by Gasteiger charge is 2.38. The van der Waals surface area contributed by atoms with Crippen LogP contribution in [0.3, 0.4) is 0 Å². The van der Waals surface area contributed by atoms with E-state index in [0.29, 0.717) is 24.5 Å². The number of aryl methyl sites for hydroxylation is 2. The number of nitrogens with zero attached hydrogens (tertiary/aromatic N) is 1. The van der Waals surface area contributed by atoms with E-state index < -0.39 is 5.97 Å². The van der Waals surface area contributed by atoms with Gasteiger partial charge in [-0.1, -0.05) is 0 Å². The number of morpholine rings is 1. The predicted octanol–water partition coefficient (Wildman–Crippen LogP) is 2.16. The molecule has 1 saturated carbocycles. The number of fused-ring (bicyclic) bond motifs is 1. The van der Waals surface area contributed by atoms with Gasteiger partial charge in [0.05, 0.1) is 18.8 Å². The lowest BCUT2D eigenvalue weighted by molar-refractivity contribution is -0.139. The Balaban J connectivity index is 1.81. The lowest BCUT2D eigenvalue weighted by Crippen LogP contribution is -2.51. The molecule has 2 aliphatic rings. The van der Waals surface area contributed by atoms with Crippen LogP contribution in [0.5, 0.6) is 5.75 Å². The molecule has 0 spiro atoms. The van der Waals surface area contributed by atoms with Crippen LogP contribution in [0.15, 0.2) is 12.1 Å². The average Bonchev–Trinajstić information content (AvgIpc) is 3.01. The topological polar surface area (TPSA) is 76.1 Å². The van der Waals surface area contributed by atoms with Crippen molar-refractivity contribution in [2.75, 3.05) is 19.8 Å². The van der Waals surface area contributed by atoms with Crippen LogP contribution in [0.1, 0.15) is 40.7 Å². The summed E-state index contributed by atoms with van der Waals surface area (Å²) >= 11 is 0. The summed E-state index contributed by atoms with van der Waals surface area (Å²) in [6.07, 6.45) is 3.28. The highest BCUT2D eigenvalue weighted by molar-refractivity contribution is 5.95. The molecule has 1 N–H and O–H groups in total. The molecule has 2 unspecified atom stereocenters. The number of ether oxygens (including phenoxy) is 2. The third-order valence-electron chi connectivity index (χ3n) is 4.79. The summed E-state index contributed by atoms with van der Waals surface area (Å²) in [5, 5.41) is 8.76. The molecular weight excluding hydrogens is 310 g/mol. The second-order valence-corrected chi connectivity index (χ2v) is 6.53. The molecule has 1 heterocycles. The van der Waals surface area contributed by atoms with Gasteiger partial charge in [0.1, 0.15) is 5.75 Å². The summed E-state index contributed by atoms with van der Waals surface area (Å²) in [4.78, 5) is 25.6. The Kier molecular flexibility index (Phi) is 4.76. The number of carboxylic acid groups (broad SMARTS) is 1. The number of rotatable bonds is 4. The second-order valence-electron chi connectivity index (χ2n) is 6.53. The molecule has 1 saturated heterocycles. The van der Waals surface area contributed by atoms with Crippen molar-refractivity contribution < 1.29 is 24.2 Å². The van der Waals surface area contributed by atoms with Gasteiger partial charge in [0, 0.05) is 12.1 Å². The third-order valence-corrected chi connectivity index (χ3v) is 4.79. The molecule has 2 atom stereocenters. The Morgan fingerprint density at radius 3 is 2.67 bits per heavy atom. The van der Waals surface area contributed by atoms with E-state index in [9.17, 15) is 9.59 Å². The summed E-state index contributed by atoms with van der Waals surface area (Å²) in [6.45, 7) is 4.49. The lowest BCUT2D eigenvalue weighted by atomic mass is 10.0. The molecule has 1 aliphatic carbocycles. The Hall–Kier alpha value is -2.08. The van der Waals surface area contributed by atoms with Gasteiger partial charge in [0.15, 0.2) is 6.61 Å². The van der Waals surface area contributed by atoms with Gasteiger partial charge in [-0.05, 0) is 56.4 Å². The number of benzene rings is 1. The molecule has 1 amide bonds. The van der Waals surface area contributed by atoms with Gasteiger partial charge in [-0.25, -0.2) is 4.79 Å². The van der Waals surface area contributed by atoms with Gasteiger partial charge in [0.2, 0.25) is 0 Å². The fourth-order valence-corrected chi connectivity index (χ4v) is 3.78. The van der Waals surface area contributed by atoms with E-state index in [-0.39, 0.29) is 24.7 Å². The zero-order chi connectivity index (χ0) is 17.3. The largest absolute Gasteiger partial charge is 0.481 e. The van der Waals surface area contributed by atoms with Crippen LogP contribution >= 0.6 is 0 Å². The number of carbonyl (C=O) groups excluding carboxylic acids is 1. The molecule has 1 aromatic rings. The van der Waals surface area contributed by atoms with Gasteiger partial charge >= 0.3 is 5.97 Å². The molecule has 0 radical (unpaired) electrons. The second kappa shape index (κ2) is 6.81. The van der Waals surface area contributed by atoms with Crippen molar-refractivity contribution in [3.05, 3.63) is 28.8 Å². The summed E-state index contributed by atoms with van der Waals surface area (Å²) in [7, 11) is 0. The molecule has 0 aromatic heterocycles. The quantitative estimate of drug-likeness (QED) is 0.914. The van der Waals surface area contributed by atoms with Crippen LogP contribution in [0.2, 0.25) is 0 Å². The van der Waals surface area contributed by atoms with E-state index in [2.05, 4.69) is 0 Å². The van der Waals surface area contributed by atoms with E-state index >= 15 is 0 Å². The van der Waals surface area contributed by atoms with E-state index in [0.717, 1.165) is 30.4 Å². The predicted molar refractivity (Wildman–Crippen MR) is 87.5 cm³/mol. The van der Waals surface area contributed by atoms with E-state index in [1.807, 2.05) is 18.7 Å². The Morgan fingerprint density at radius 1 is 1.29 bits per heavy atom. The highest BCUT2D eigenvalue weighted by atomic mass is 16.5. The maximum Gasteiger partial charge on any atom is 0.341 e. The molecule has 6 nitrogen and oxygen atoms in total. The van der Waals surface area contributed by atoms with Crippen molar-refractivity contribution in [1.82, 2.24) is 4.90 Å². The standard InChI is InChI=1S/C18H23NO5/c1-11-8-13(9-12(2)17(11)24-10-16(20)21)18(22)19-6-7-23-15-5-3-4-14(15)19/h8-9,14-15H,3-7,10H2,1-2H3,(H,20,21). The Labute approximate surface area is 141 Å². The monoisotopic (exact) mass is 333 g/mol. The maximum atomic E-state index is 13.0. The van der Waals surface area contributed by atoms with Crippen molar-refractivity contribution in [1.29, 1.82) is 0 Å². The van der Waals surface area contributed by atoms with E-state index in [1.54, 1.807) is 12.1 Å². The highest BCUT2D eigenvalue weighted by Crippen LogP contribution is 2.32. The molecule has 2 fully saturated rings. The van der Waals surface area contributed by atoms with Crippen LogP contribution in [0.25, 0.3) is 0 Å². The van der Waals surface area contributed by atoms with Crippen LogP contribution in [-0.2, 0) is 9.53 Å². The molecular formula is C18H23NO5. The first-order valence-electron chi connectivity index (χ1n) is 8.36. The first kappa shape index (κ1) is 16.8. The number of carboxylic acids is 1. The summed E-state index contributed by atoms with van der Waals surface area (Å²) in [5.41, 5.74) is 2.17. The van der Waals surface area contributed by atoms with Crippen molar-refractivity contribution in [2.24, 2.45) is 0 Å². The molecule has 130 valence electrons. The average molecular weight is 333 g/mol. The molecule has 0 bridgehead atoms. The van der Waals surface area contributed by atoms with Gasteiger partial charge in [0.25, 0.3) is 5.91 Å². The lowest BCUT2D eigenvalue weighted by Gasteiger charge is -2.37. The van der Waals surface area contributed by atoms with Crippen LogP contribution in [0.4, 0.5) is 0 Å². The Morgan fingerprint density at radius 2 is 2.00 bits per heavy atom. The minimum Gasteiger partial charge on any atom is -0.481 e. The van der Waals surface area contributed by atoms with Crippen molar-refractivity contribution in [2.45, 2.75) is 45.3 Å². The number of hydrogen-bond donors (Lipinski definition) is 1. The smallest absolute Gasteiger partial charge is 0.341 e. The van der Waals surface area contributed by atoms with Crippen molar-refractivity contribution >= 4 is 11.9 Å².